The highest BCUT2D eigenvalue weighted by molar-refractivity contribution is 7.07. The number of hydrogen-bond acceptors (Lipinski definition) is 3. The number of aryl methyl sites for hydroxylation is 1. The number of halogens is 2. The lowest BCUT2D eigenvalue weighted by Gasteiger charge is -2.07. The van der Waals surface area contributed by atoms with Gasteiger partial charge in [-0.15, -0.1) is 11.3 Å². The van der Waals surface area contributed by atoms with Crippen LogP contribution in [0.15, 0.2) is 52.8 Å². The van der Waals surface area contributed by atoms with Gasteiger partial charge in [-0.25, -0.2) is 9.38 Å². The molecule has 0 radical (unpaired) electrons. The zero-order valence-corrected chi connectivity index (χ0v) is 16.6. The molecule has 3 rings (SSSR count). The fourth-order valence-corrected chi connectivity index (χ4v) is 3.60. The van der Waals surface area contributed by atoms with Crippen LogP contribution in [0, 0.1) is 5.82 Å². The summed E-state index contributed by atoms with van der Waals surface area (Å²) in [6.45, 7) is 2.09. The minimum atomic E-state index is -0.481. The number of rotatable bonds is 5. The van der Waals surface area contributed by atoms with Crippen molar-refractivity contribution in [3.8, 4) is 0 Å². The average molecular weight is 404 g/mol. The van der Waals surface area contributed by atoms with Gasteiger partial charge in [-0.2, -0.15) is 0 Å². The molecule has 0 unspecified atom stereocenters. The monoisotopic (exact) mass is 403 g/mol. The maximum absolute atomic E-state index is 13.9. The van der Waals surface area contributed by atoms with Gasteiger partial charge >= 0.3 is 0 Å². The number of anilines is 1. The number of nitrogens with one attached hydrogen (secondary N) is 1. The Balaban J connectivity index is 1.74. The van der Waals surface area contributed by atoms with Gasteiger partial charge in [0.15, 0.2) is 4.80 Å². The molecular weight excluding hydrogens is 385 g/mol. The molecule has 0 saturated carbocycles. The molecule has 0 aliphatic heterocycles. The van der Waals surface area contributed by atoms with E-state index in [1.165, 1.54) is 29.0 Å². The third-order valence-electron chi connectivity index (χ3n) is 4.13. The molecule has 0 aliphatic rings. The van der Waals surface area contributed by atoms with Crippen molar-refractivity contribution >= 4 is 40.2 Å². The van der Waals surface area contributed by atoms with Crippen molar-refractivity contribution in [1.29, 1.82) is 0 Å². The van der Waals surface area contributed by atoms with E-state index in [4.69, 9.17) is 11.6 Å². The van der Waals surface area contributed by atoms with Crippen molar-refractivity contribution in [1.82, 2.24) is 4.57 Å². The Morgan fingerprint density at radius 3 is 2.67 bits per heavy atom. The van der Waals surface area contributed by atoms with Crippen molar-refractivity contribution in [3.63, 3.8) is 0 Å². The van der Waals surface area contributed by atoms with E-state index < -0.39 is 5.82 Å². The van der Waals surface area contributed by atoms with Crippen LogP contribution in [0.4, 0.5) is 15.8 Å². The zero-order chi connectivity index (χ0) is 19.4. The Bertz CT molecular complexity index is 1020. The van der Waals surface area contributed by atoms with Crippen LogP contribution < -0.4 is 10.1 Å². The topological polar surface area (TPSA) is 46.4 Å². The average Bonchev–Trinajstić information content (AvgIpc) is 2.98. The summed E-state index contributed by atoms with van der Waals surface area (Å²) in [5.74, 6) is -0.595. The van der Waals surface area contributed by atoms with Gasteiger partial charge < -0.3 is 9.88 Å². The van der Waals surface area contributed by atoms with Crippen molar-refractivity contribution < 1.29 is 9.18 Å². The van der Waals surface area contributed by atoms with Gasteiger partial charge in [0, 0.05) is 28.8 Å². The first-order chi connectivity index (χ1) is 13.0. The highest BCUT2D eigenvalue weighted by Gasteiger charge is 2.09. The van der Waals surface area contributed by atoms with Gasteiger partial charge in [0.1, 0.15) is 11.5 Å². The maximum atomic E-state index is 13.9. The molecule has 1 heterocycles. The minimum absolute atomic E-state index is 0.114. The Morgan fingerprint density at radius 1 is 1.26 bits per heavy atom. The lowest BCUT2D eigenvalue weighted by atomic mass is 10.1. The Kier molecular flexibility index (Phi) is 6.08. The smallest absolute Gasteiger partial charge is 0.230 e. The van der Waals surface area contributed by atoms with E-state index in [1.807, 2.05) is 36.7 Å². The molecule has 27 heavy (non-hydrogen) atoms. The predicted molar refractivity (Wildman–Crippen MR) is 108 cm³/mol. The summed E-state index contributed by atoms with van der Waals surface area (Å²) >= 11 is 7.12. The maximum Gasteiger partial charge on any atom is 0.230 e. The molecule has 0 atom stereocenters. The van der Waals surface area contributed by atoms with Gasteiger partial charge in [-0.1, -0.05) is 30.7 Å². The summed E-state index contributed by atoms with van der Waals surface area (Å²) in [6, 6.07) is 12.1. The van der Waals surface area contributed by atoms with Gasteiger partial charge in [0.2, 0.25) is 5.91 Å². The number of amides is 1. The van der Waals surface area contributed by atoms with E-state index in [0.717, 1.165) is 17.8 Å². The third-order valence-corrected chi connectivity index (χ3v) is 5.33. The van der Waals surface area contributed by atoms with E-state index >= 15 is 0 Å². The van der Waals surface area contributed by atoms with E-state index in [9.17, 15) is 9.18 Å². The van der Waals surface area contributed by atoms with Gasteiger partial charge in [-0.3, -0.25) is 4.79 Å². The Hall–Kier alpha value is -2.44. The molecule has 1 aromatic heterocycles. The summed E-state index contributed by atoms with van der Waals surface area (Å²) in [5, 5.41) is 5.07. The lowest BCUT2D eigenvalue weighted by Crippen LogP contribution is -2.19. The molecule has 0 spiro atoms. The lowest BCUT2D eigenvalue weighted by molar-refractivity contribution is -0.115. The molecule has 2 aromatic carbocycles. The van der Waals surface area contributed by atoms with E-state index in [2.05, 4.69) is 17.2 Å². The van der Waals surface area contributed by atoms with Gasteiger partial charge in [0.25, 0.3) is 0 Å². The van der Waals surface area contributed by atoms with Crippen LogP contribution in [0.5, 0.6) is 0 Å². The van der Waals surface area contributed by atoms with Crippen LogP contribution >= 0.6 is 22.9 Å². The van der Waals surface area contributed by atoms with Crippen molar-refractivity contribution in [2.45, 2.75) is 19.8 Å². The minimum Gasteiger partial charge on any atom is -0.326 e. The second-order valence-electron chi connectivity index (χ2n) is 6.05. The number of thiazole rings is 1. The third kappa shape index (κ3) is 4.84. The van der Waals surface area contributed by atoms with E-state index in [0.29, 0.717) is 9.82 Å². The summed E-state index contributed by atoms with van der Waals surface area (Å²) in [5.41, 5.74) is 3.00. The number of carbonyl (C=O) groups is 1. The van der Waals surface area contributed by atoms with Crippen LogP contribution in [0.2, 0.25) is 5.02 Å². The SMILES string of the molecule is CCc1ccc(NC(=O)Cc2csc(=Nc3ccc(Cl)cc3F)n2C)cc1. The number of carbonyl (C=O) groups excluding carboxylic acids is 1. The van der Waals surface area contributed by atoms with Crippen LogP contribution in [0.25, 0.3) is 0 Å². The molecule has 1 N–H and O–H groups in total. The zero-order valence-electron chi connectivity index (χ0n) is 15.0. The van der Waals surface area contributed by atoms with Gasteiger partial charge in [-0.05, 0) is 42.3 Å². The number of nitrogens with zero attached hydrogens (tertiary/aromatic N) is 2. The first-order valence-corrected chi connectivity index (χ1v) is 9.74. The molecule has 0 saturated heterocycles. The molecule has 0 aliphatic carbocycles. The molecule has 0 bridgehead atoms. The number of hydrogen-bond donors (Lipinski definition) is 1. The molecule has 3 aromatic rings. The summed E-state index contributed by atoms with van der Waals surface area (Å²) in [4.78, 5) is 17.3. The highest BCUT2D eigenvalue weighted by Crippen LogP contribution is 2.21. The molecule has 1 amide bonds. The molecule has 0 fully saturated rings. The van der Waals surface area contributed by atoms with Crippen molar-refractivity contribution in [2.24, 2.45) is 12.0 Å². The normalized spacial score (nSPS) is 11.6. The fourth-order valence-electron chi connectivity index (χ4n) is 2.53. The first kappa shape index (κ1) is 19.3. The van der Waals surface area contributed by atoms with Gasteiger partial charge in [0.05, 0.1) is 6.42 Å². The Labute approximate surface area is 166 Å². The summed E-state index contributed by atoms with van der Waals surface area (Å²) in [6.07, 6.45) is 1.17. The fraction of sp³-hybridized carbons (Fsp3) is 0.200. The second-order valence-corrected chi connectivity index (χ2v) is 7.32. The first-order valence-electron chi connectivity index (χ1n) is 8.48. The quantitative estimate of drug-likeness (QED) is 0.650. The van der Waals surface area contributed by atoms with Crippen LogP contribution in [0.3, 0.4) is 0 Å². The van der Waals surface area contributed by atoms with Crippen LogP contribution in [-0.4, -0.2) is 10.5 Å². The molecule has 140 valence electrons. The van der Waals surface area contributed by atoms with Crippen LogP contribution in [-0.2, 0) is 24.7 Å². The summed E-state index contributed by atoms with van der Waals surface area (Å²) in [7, 11) is 1.81. The summed E-state index contributed by atoms with van der Waals surface area (Å²) < 4.78 is 15.7. The van der Waals surface area contributed by atoms with Crippen molar-refractivity contribution in [2.75, 3.05) is 5.32 Å². The molecule has 4 nitrogen and oxygen atoms in total. The number of benzene rings is 2. The highest BCUT2D eigenvalue weighted by atomic mass is 35.5. The predicted octanol–water partition coefficient (Wildman–Crippen LogP) is 4.86. The molecular formula is C20H19ClFN3OS. The number of aromatic nitrogens is 1. The van der Waals surface area contributed by atoms with Crippen LogP contribution in [0.1, 0.15) is 18.2 Å². The largest absolute Gasteiger partial charge is 0.326 e. The standard InChI is InChI=1S/C20H19ClFN3OS/c1-3-13-4-7-15(8-5-13)23-19(26)11-16-12-27-20(25(16)2)24-18-9-6-14(21)10-17(18)22/h4-10,12H,3,11H2,1-2H3,(H,23,26). The molecule has 7 heteroatoms. The van der Waals surface area contributed by atoms with Crippen molar-refractivity contribution in [3.05, 3.63) is 74.7 Å². The van der Waals surface area contributed by atoms with E-state index in [1.54, 1.807) is 10.6 Å². The second kappa shape index (κ2) is 8.50. The Morgan fingerprint density at radius 2 is 2.00 bits per heavy atom. The van der Waals surface area contributed by atoms with E-state index in [-0.39, 0.29) is 18.0 Å².